The number of benzene rings is 2. The van der Waals surface area contributed by atoms with Crippen LogP contribution in [0.3, 0.4) is 0 Å². The normalized spacial score (nSPS) is 15.4. The molecule has 0 spiro atoms. The quantitative estimate of drug-likeness (QED) is 0.0967. The summed E-state index contributed by atoms with van der Waals surface area (Å²) in [5, 5.41) is 45.1. The van der Waals surface area contributed by atoms with Gasteiger partial charge in [-0.1, -0.05) is 166 Å². The summed E-state index contributed by atoms with van der Waals surface area (Å²) < 4.78 is 0. The third kappa shape index (κ3) is 16.3. The van der Waals surface area contributed by atoms with Crippen LogP contribution >= 0.6 is 0 Å². The standard InChI is InChI=1S/2C21H32O3.Ca/c2*1-4-6-7-11-14-18(16-17-12-9-8-10-13-17)19(22)21(3,15-5-2)20(23)24;/h2*8-10,12-13,16,19,22H,4-7,11,14-15H2,1-3H3,(H,23,24);/q;;+2/p-2/b2*18-16-;. The Bertz CT molecular complexity index is 1150. The van der Waals surface area contributed by atoms with Crippen LogP contribution in [0.25, 0.3) is 12.2 Å². The number of unbranched alkanes of at least 4 members (excludes halogenated alkanes) is 6. The Kier molecular flexibility index (Phi) is 24.9. The number of carboxylic acids is 2. The molecular weight excluding hydrogens is 641 g/mol. The van der Waals surface area contributed by atoms with Crippen LogP contribution in [-0.2, 0) is 9.59 Å². The minimum absolute atomic E-state index is 0. The van der Waals surface area contributed by atoms with Crippen molar-refractivity contribution < 1.29 is 30.0 Å². The molecule has 7 heteroatoms. The minimum Gasteiger partial charge on any atom is -0.549 e. The summed E-state index contributed by atoms with van der Waals surface area (Å²) in [5.74, 6) is -2.35. The number of hydrogen-bond donors (Lipinski definition) is 2. The molecule has 0 aliphatic carbocycles. The molecule has 0 radical (unpaired) electrons. The first-order valence-electron chi connectivity index (χ1n) is 18.2. The molecule has 4 atom stereocenters. The van der Waals surface area contributed by atoms with Gasteiger partial charge in [0.2, 0.25) is 0 Å². The van der Waals surface area contributed by atoms with E-state index < -0.39 is 35.0 Å². The maximum atomic E-state index is 11.7. The number of aliphatic hydroxyl groups excluding tert-OH is 2. The predicted octanol–water partition coefficient (Wildman–Crippen LogP) is 7.53. The van der Waals surface area contributed by atoms with E-state index in [9.17, 15) is 30.0 Å². The van der Waals surface area contributed by atoms with Crippen LogP contribution < -0.4 is 10.2 Å². The number of carbonyl (C=O) groups is 2. The van der Waals surface area contributed by atoms with E-state index in [1.165, 1.54) is 0 Å². The van der Waals surface area contributed by atoms with Gasteiger partial charge in [-0.15, -0.1) is 0 Å². The van der Waals surface area contributed by atoms with Crippen LogP contribution in [0.4, 0.5) is 0 Å². The SMILES string of the molecule is CCCCCC/C(=C/c1ccccc1)C(O)C(C)(CCC)C(=O)[O-].CCCCCC/C(=C/c1ccccc1)C(O)C(C)(CCC)C(=O)[O-].[Ca+2]. The molecule has 0 fully saturated rings. The van der Waals surface area contributed by atoms with Gasteiger partial charge in [0.05, 0.1) is 24.1 Å². The Hall–Kier alpha value is -1.96. The largest absolute Gasteiger partial charge is 2.00 e. The molecule has 49 heavy (non-hydrogen) atoms. The minimum atomic E-state index is -1.25. The van der Waals surface area contributed by atoms with Crippen LogP contribution in [-0.4, -0.2) is 72.1 Å². The third-order valence-electron chi connectivity index (χ3n) is 9.32. The number of carbonyl (C=O) groups excluding carboxylic acids is 2. The summed E-state index contributed by atoms with van der Waals surface area (Å²) in [7, 11) is 0. The molecule has 2 N–H and O–H groups in total. The zero-order valence-electron chi connectivity index (χ0n) is 31.2. The maximum Gasteiger partial charge on any atom is 2.00 e. The van der Waals surface area contributed by atoms with Gasteiger partial charge in [0.15, 0.2) is 0 Å². The summed E-state index contributed by atoms with van der Waals surface area (Å²) >= 11 is 0. The maximum absolute atomic E-state index is 11.7. The Morgan fingerprint density at radius 3 is 1.18 bits per heavy atom. The molecular formula is C42H62CaO6. The van der Waals surface area contributed by atoms with E-state index in [2.05, 4.69) is 13.8 Å². The Balaban J connectivity index is 0.000000922. The van der Waals surface area contributed by atoms with Crippen LogP contribution in [0.5, 0.6) is 0 Å². The molecule has 0 amide bonds. The summed E-state index contributed by atoms with van der Waals surface area (Å²) in [6, 6.07) is 19.5. The second-order valence-electron chi connectivity index (χ2n) is 13.6. The Morgan fingerprint density at radius 2 is 0.918 bits per heavy atom. The van der Waals surface area contributed by atoms with Gasteiger partial charge in [-0.25, -0.2) is 0 Å². The molecule has 0 bridgehead atoms. The van der Waals surface area contributed by atoms with E-state index in [4.69, 9.17) is 0 Å². The van der Waals surface area contributed by atoms with E-state index in [0.717, 1.165) is 73.6 Å². The van der Waals surface area contributed by atoms with Gasteiger partial charge in [0.1, 0.15) is 0 Å². The number of rotatable bonds is 22. The summed E-state index contributed by atoms with van der Waals surface area (Å²) in [4.78, 5) is 23.4. The summed E-state index contributed by atoms with van der Waals surface area (Å²) in [5.41, 5.74) is 1.05. The molecule has 268 valence electrons. The molecule has 0 aromatic heterocycles. The number of aliphatic hydroxyl groups is 2. The fraction of sp³-hybridized carbons (Fsp3) is 0.571. The fourth-order valence-corrected chi connectivity index (χ4v) is 6.17. The smallest absolute Gasteiger partial charge is 0.549 e. The van der Waals surface area contributed by atoms with Crippen molar-refractivity contribution in [3.05, 3.63) is 82.9 Å². The van der Waals surface area contributed by atoms with Gasteiger partial charge in [-0.05, 0) is 60.8 Å². The van der Waals surface area contributed by atoms with Crippen LogP contribution in [0.15, 0.2) is 71.8 Å². The Labute approximate surface area is 327 Å². The predicted molar refractivity (Wildman–Crippen MR) is 200 cm³/mol. The van der Waals surface area contributed by atoms with Gasteiger partial charge in [0, 0.05) is 10.8 Å². The second kappa shape index (κ2) is 25.9. The van der Waals surface area contributed by atoms with Crippen LogP contribution in [0.1, 0.15) is 143 Å². The average Bonchev–Trinajstić information content (AvgIpc) is 3.08. The molecule has 6 nitrogen and oxygen atoms in total. The van der Waals surface area contributed by atoms with Crippen molar-refractivity contribution in [2.75, 3.05) is 0 Å². The van der Waals surface area contributed by atoms with Gasteiger partial charge >= 0.3 is 37.7 Å². The third-order valence-corrected chi connectivity index (χ3v) is 9.32. The van der Waals surface area contributed by atoms with Crippen molar-refractivity contribution in [1.29, 1.82) is 0 Å². The van der Waals surface area contributed by atoms with E-state index in [1.54, 1.807) is 13.8 Å². The van der Waals surface area contributed by atoms with E-state index in [1.807, 2.05) is 86.7 Å². The van der Waals surface area contributed by atoms with Gasteiger partial charge in [-0.2, -0.15) is 0 Å². The van der Waals surface area contributed by atoms with Crippen molar-refractivity contribution in [2.45, 2.75) is 144 Å². The first-order chi connectivity index (χ1) is 22.9. The molecule has 0 aliphatic heterocycles. The van der Waals surface area contributed by atoms with Crippen molar-refractivity contribution in [2.24, 2.45) is 10.8 Å². The molecule has 0 heterocycles. The van der Waals surface area contributed by atoms with Crippen molar-refractivity contribution >= 4 is 61.8 Å². The van der Waals surface area contributed by atoms with Gasteiger partial charge < -0.3 is 30.0 Å². The van der Waals surface area contributed by atoms with Gasteiger partial charge in [0.25, 0.3) is 0 Å². The van der Waals surface area contributed by atoms with Crippen LogP contribution in [0.2, 0.25) is 0 Å². The number of carboxylic acid groups (broad SMARTS) is 2. The summed E-state index contributed by atoms with van der Waals surface area (Å²) in [6.07, 6.45) is 14.1. The van der Waals surface area contributed by atoms with E-state index >= 15 is 0 Å². The molecule has 0 saturated heterocycles. The van der Waals surface area contributed by atoms with Gasteiger partial charge in [-0.3, -0.25) is 0 Å². The number of hydrogen-bond acceptors (Lipinski definition) is 6. The first-order valence-corrected chi connectivity index (χ1v) is 18.2. The molecule has 0 aliphatic rings. The molecule has 4 unspecified atom stereocenters. The zero-order chi connectivity index (χ0) is 36.0. The van der Waals surface area contributed by atoms with Crippen molar-refractivity contribution in [3.63, 3.8) is 0 Å². The molecule has 2 aromatic carbocycles. The first kappa shape index (κ1) is 47.0. The van der Waals surface area contributed by atoms with Crippen molar-refractivity contribution in [1.82, 2.24) is 0 Å². The van der Waals surface area contributed by atoms with Crippen LogP contribution in [0, 0.1) is 10.8 Å². The number of aliphatic carboxylic acids is 2. The molecule has 2 rings (SSSR count). The molecule has 2 aromatic rings. The van der Waals surface area contributed by atoms with Crippen molar-refractivity contribution in [3.8, 4) is 0 Å². The summed E-state index contributed by atoms with van der Waals surface area (Å²) in [6.45, 7) is 11.4. The van der Waals surface area contributed by atoms with E-state index in [-0.39, 0.29) is 37.7 Å². The fourth-order valence-electron chi connectivity index (χ4n) is 6.17. The topological polar surface area (TPSA) is 121 Å². The zero-order valence-corrected chi connectivity index (χ0v) is 33.4. The monoisotopic (exact) mass is 702 g/mol. The molecule has 0 saturated carbocycles. The Morgan fingerprint density at radius 1 is 0.592 bits per heavy atom. The second-order valence-corrected chi connectivity index (χ2v) is 13.6. The average molecular weight is 703 g/mol. The van der Waals surface area contributed by atoms with E-state index in [0.29, 0.717) is 38.5 Å².